The number of nitrogens with one attached hydrogen (secondary N) is 4. The topological polar surface area (TPSA) is 138 Å². The lowest BCUT2D eigenvalue weighted by Crippen LogP contribution is -2.67. The van der Waals surface area contributed by atoms with E-state index in [4.69, 9.17) is 45.9 Å². The molecule has 0 bridgehead atoms. The average Bonchev–Trinajstić information content (AvgIpc) is 3.38. The second kappa shape index (κ2) is 14.8. The van der Waals surface area contributed by atoms with Crippen LogP contribution in [0.2, 0.25) is 10.0 Å². The van der Waals surface area contributed by atoms with E-state index in [1.807, 2.05) is 58.0 Å². The Bertz CT molecular complexity index is 1570. The summed E-state index contributed by atoms with van der Waals surface area (Å²) in [6.45, 7) is 7.80. The molecule has 3 aromatic rings. The van der Waals surface area contributed by atoms with Crippen LogP contribution in [-0.2, 0) is 33.8 Å². The van der Waals surface area contributed by atoms with Gasteiger partial charge in [0.05, 0.1) is 21.6 Å². The number of fused-ring (bicyclic) bond motifs is 3. The van der Waals surface area contributed by atoms with E-state index in [9.17, 15) is 14.4 Å². The monoisotopic (exact) mass is 673 g/mol. The number of halogens is 2. The molecule has 9 nitrogen and oxygen atoms in total. The fourth-order valence-corrected chi connectivity index (χ4v) is 6.58. The maximum atomic E-state index is 14.3. The van der Waals surface area contributed by atoms with Crippen LogP contribution in [0.25, 0.3) is 10.9 Å². The number of amides is 3. The molecule has 0 saturated carbocycles. The van der Waals surface area contributed by atoms with Crippen molar-refractivity contribution in [1.29, 1.82) is 0 Å². The van der Waals surface area contributed by atoms with E-state index in [2.05, 4.69) is 20.9 Å². The molecule has 3 amide bonds. The summed E-state index contributed by atoms with van der Waals surface area (Å²) in [6.07, 6.45) is 1.50. The molecule has 0 aliphatic heterocycles. The number of hydrogen-bond donors (Lipinski definition) is 5. The van der Waals surface area contributed by atoms with Gasteiger partial charge in [-0.2, -0.15) is 0 Å². The highest BCUT2D eigenvalue weighted by Gasteiger charge is 2.46. The highest BCUT2D eigenvalue weighted by Crippen LogP contribution is 2.38. The summed E-state index contributed by atoms with van der Waals surface area (Å²) in [5, 5.41) is 10.6. The largest absolute Gasteiger partial charge is 0.445 e. The molecule has 0 saturated heterocycles. The highest BCUT2D eigenvalue weighted by molar-refractivity contribution is 7.80. The first-order valence-electron chi connectivity index (χ1n) is 15.3. The lowest BCUT2D eigenvalue weighted by molar-refractivity contribution is -0.136. The lowest BCUT2D eigenvalue weighted by Gasteiger charge is -2.39. The second-order valence-electron chi connectivity index (χ2n) is 11.9. The standard InChI is InChI=1S/C33H41Cl2N5O4S/c1-5-18(3)26(29(36)45)38-31(42)33(13-12-25-23(16-33)22-14-21(34)15-24(35)28(22)37-25)40-30(41)27(19(4)6-2)39-32(43)44-17-20-10-8-7-9-11-20/h7-11,14-15,18-19,26-27,37H,5-6,12-13,16-17H2,1-4H3,(H2,36,45)(H,38,42)(H,39,43)(H,40,41)/t18?,19?,26-,27-,33+/m0/s1. The zero-order valence-corrected chi connectivity index (χ0v) is 28.3. The van der Waals surface area contributed by atoms with Crippen molar-refractivity contribution < 1.29 is 19.1 Å². The number of rotatable bonds is 12. The number of nitrogens with two attached hydrogens (primary N) is 1. The summed E-state index contributed by atoms with van der Waals surface area (Å²) < 4.78 is 5.42. The maximum Gasteiger partial charge on any atom is 0.408 e. The van der Waals surface area contributed by atoms with Crippen LogP contribution in [0, 0.1) is 11.8 Å². The molecule has 5 atom stereocenters. The molecule has 1 aliphatic carbocycles. The number of aromatic nitrogens is 1. The minimum absolute atomic E-state index is 0.0297. The van der Waals surface area contributed by atoms with Gasteiger partial charge in [0.2, 0.25) is 11.8 Å². The number of aromatic amines is 1. The fraction of sp³-hybridized carbons (Fsp3) is 0.455. The molecule has 0 radical (unpaired) electrons. The van der Waals surface area contributed by atoms with E-state index in [1.54, 1.807) is 12.1 Å². The molecule has 1 heterocycles. The Morgan fingerprint density at radius 2 is 1.71 bits per heavy atom. The minimum atomic E-state index is -1.38. The van der Waals surface area contributed by atoms with Gasteiger partial charge in [0, 0.05) is 22.5 Å². The summed E-state index contributed by atoms with van der Waals surface area (Å²) in [6, 6.07) is 11.2. The Morgan fingerprint density at radius 1 is 1.04 bits per heavy atom. The summed E-state index contributed by atoms with van der Waals surface area (Å²) >= 11 is 18.2. The average molecular weight is 675 g/mol. The van der Waals surface area contributed by atoms with Crippen molar-refractivity contribution in [3.63, 3.8) is 0 Å². The first kappa shape index (κ1) is 34.5. The fourth-order valence-electron chi connectivity index (χ4n) is 5.74. The third-order valence-corrected chi connectivity index (χ3v) is 9.66. The molecule has 2 aromatic carbocycles. The van der Waals surface area contributed by atoms with Crippen molar-refractivity contribution in [2.45, 2.75) is 84.0 Å². The molecule has 1 aromatic heterocycles. The van der Waals surface area contributed by atoms with E-state index in [1.165, 1.54) is 0 Å². The maximum absolute atomic E-state index is 14.3. The van der Waals surface area contributed by atoms with Gasteiger partial charge in [0.25, 0.3) is 0 Å². The predicted octanol–water partition coefficient (Wildman–Crippen LogP) is 5.98. The smallest absolute Gasteiger partial charge is 0.408 e. The second-order valence-corrected chi connectivity index (χ2v) is 13.3. The van der Waals surface area contributed by atoms with Crippen molar-refractivity contribution in [2.75, 3.05) is 0 Å². The van der Waals surface area contributed by atoms with Gasteiger partial charge in [-0.3, -0.25) is 9.59 Å². The van der Waals surface area contributed by atoms with Crippen LogP contribution >= 0.6 is 35.4 Å². The Labute approximate surface area is 279 Å². The van der Waals surface area contributed by atoms with Gasteiger partial charge in [0.1, 0.15) is 18.2 Å². The summed E-state index contributed by atoms with van der Waals surface area (Å²) in [5.74, 6) is -1.19. The van der Waals surface area contributed by atoms with Crippen LogP contribution in [0.5, 0.6) is 0 Å². The Balaban J connectivity index is 1.66. The zero-order chi connectivity index (χ0) is 32.9. The molecule has 242 valence electrons. The number of H-pyrrole nitrogens is 1. The highest BCUT2D eigenvalue weighted by atomic mass is 35.5. The molecule has 0 fully saturated rings. The molecular weight excluding hydrogens is 633 g/mol. The summed E-state index contributed by atoms with van der Waals surface area (Å²) in [5.41, 5.74) is 7.97. The van der Waals surface area contributed by atoms with E-state index in [0.717, 1.165) is 34.1 Å². The number of aryl methyl sites for hydroxylation is 1. The van der Waals surface area contributed by atoms with Crippen LogP contribution < -0.4 is 21.7 Å². The molecule has 6 N–H and O–H groups in total. The summed E-state index contributed by atoms with van der Waals surface area (Å²) in [4.78, 5) is 44.8. The van der Waals surface area contributed by atoms with Crippen LogP contribution in [0.4, 0.5) is 4.79 Å². The Kier molecular flexibility index (Phi) is 11.4. The van der Waals surface area contributed by atoms with Crippen molar-refractivity contribution in [3.05, 3.63) is 69.3 Å². The third kappa shape index (κ3) is 7.91. The van der Waals surface area contributed by atoms with E-state index >= 15 is 0 Å². The number of alkyl carbamates (subject to hydrolysis) is 1. The molecule has 0 spiro atoms. The number of ether oxygens (including phenoxy) is 1. The molecule has 12 heteroatoms. The number of carbonyl (C=O) groups excluding carboxylic acids is 3. The summed E-state index contributed by atoms with van der Waals surface area (Å²) in [7, 11) is 0. The van der Waals surface area contributed by atoms with Crippen molar-refractivity contribution in [2.24, 2.45) is 17.6 Å². The molecule has 1 aliphatic rings. The van der Waals surface area contributed by atoms with Gasteiger partial charge in [0.15, 0.2) is 0 Å². The van der Waals surface area contributed by atoms with Gasteiger partial charge in [-0.25, -0.2) is 4.79 Å². The first-order chi connectivity index (χ1) is 21.4. The van der Waals surface area contributed by atoms with Gasteiger partial charge in [-0.1, -0.05) is 106 Å². The van der Waals surface area contributed by atoms with Crippen LogP contribution in [0.15, 0.2) is 42.5 Å². The van der Waals surface area contributed by atoms with Crippen LogP contribution in [-0.4, -0.2) is 45.5 Å². The van der Waals surface area contributed by atoms with Crippen molar-refractivity contribution in [3.8, 4) is 0 Å². The van der Waals surface area contributed by atoms with Gasteiger partial charge >= 0.3 is 6.09 Å². The zero-order valence-electron chi connectivity index (χ0n) is 26.0. The number of benzene rings is 2. The Hall–Kier alpha value is -3.34. The molecular formula is C33H41Cl2N5O4S. The molecule has 4 rings (SSSR count). The lowest BCUT2D eigenvalue weighted by atomic mass is 9.78. The van der Waals surface area contributed by atoms with Crippen molar-refractivity contribution >= 4 is 69.2 Å². The third-order valence-electron chi connectivity index (χ3n) is 8.89. The minimum Gasteiger partial charge on any atom is -0.445 e. The van der Waals surface area contributed by atoms with Crippen molar-refractivity contribution in [1.82, 2.24) is 20.9 Å². The van der Waals surface area contributed by atoms with Crippen LogP contribution in [0.3, 0.4) is 0 Å². The molecule has 45 heavy (non-hydrogen) atoms. The number of hydrogen-bond acceptors (Lipinski definition) is 5. The SMILES string of the molecule is CCC(C)[C@H](NC(=O)OCc1ccccc1)C(=O)N[C@]1(C(=O)N[C@H](C(N)=S)C(C)CC)CCc2[nH]c3c(Cl)cc(Cl)cc3c2C1. The van der Waals surface area contributed by atoms with Gasteiger partial charge in [-0.15, -0.1) is 0 Å². The van der Waals surface area contributed by atoms with E-state index < -0.39 is 35.5 Å². The molecule has 2 unspecified atom stereocenters. The first-order valence-corrected chi connectivity index (χ1v) is 16.4. The normalized spacial score (nSPS) is 18.6. The Morgan fingerprint density at radius 3 is 2.36 bits per heavy atom. The number of thiocarbonyl (C=S) groups is 1. The van der Waals surface area contributed by atoms with Crippen LogP contribution in [0.1, 0.15) is 63.8 Å². The predicted molar refractivity (Wildman–Crippen MR) is 182 cm³/mol. The number of carbonyl (C=O) groups is 3. The van der Waals surface area contributed by atoms with Gasteiger partial charge in [-0.05, 0) is 47.9 Å². The van der Waals surface area contributed by atoms with E-state index in [-0.39, 0.29) is 36.3 Å². The van der Waals surface area contributed by atoms with Gasteiger partial charge < -0.3 is 31.4 Å². The van der Waals surface area contributed by atoms with E-state index in [0.29, 0.717) is 22.9 Å². The quantitative estimate of drug-likeness (QED) is 0.150.